The molecule has 0 fully saturated rings. The minimum atomic E-state index is -0.0675. The second-order valence-corrected chi connectivity index (χ2v) is 8.47. The van der Waals surface area contributed by atoms with Gasteiger partial charge in [0.25, 0.3) is 11.5 Å². The number of carbonyl (C=O) groups is 1. The number of aromatic amines is 1. The summed E-state index contributed by atoms with van der Waals surface area (Å²) in [6.45, 7) is 4.81. The number of nitrogens with one attached hydrogen (secondary N) is 2. The molecule has 1 heterocycles. The van der Waals surface area contributed by atoms with Gasteiger partial charge in [-0.25, -0.2) is 5.10 Å². The van der Waals surface area contributed by atoms with Crippen LogP contribution in [0.3, 0.4) is 0 Å². The van der Waals surface area contributed by atoms with Gasteiger partial charge in [-0.2, -0.15) is 5.10 Å². The number of H-pyrrole nitrogens is 1. The van der Waals surface area contributed by atoms with Crippen molar-refractivity contribution in [2.45, 2.75) is 52.4 Å². The molecule has 3 aromatic rings. The molecule has 5 heteroatoms. The molecule has 0 bridgehead atoms. The van der Waals surface area contributed by atoms with E-state index < -0.39 is 0 Å². The summed E-state index contributed by atoms with van der Waals surface area (Å²) in [5, 5.41) is 10.00. The molecule has 2 aromatic carbocycles. The van der Waals surface area contributed by atoms with Crippen molar-refractivity contribution < 1.29 is 4.79 Å². The maximum absolute atomic E-state index is 12.7. The number of carbonyl (C=O) groups excluding carboxylic acids is 1. The van der Waals surface area contributed by atoms with Crippen LogP contribution < -0.4 is 10.9 Å². The van der Waals surface area contributed by atoms with Gasteiger partial charge in [-0.05, 0) is 85.9 Å². The second-order valence-electron chi connectivity index (χ2n) is 8.47. The molecule has 1 aromatic heterocycles. The van der Waals surface area contributed by atoms with Crippen LogP contribution in [0.5, 0.6) is 0 Å². The predicted octanol–water partition coefficient (Wildman–Crippen LogP) is 3.83. The van der Waals surface area contributed by atoms with Gasteiger partial charge in [0.05, 0.1) is 5.69 Å². The summed E-state index contributed by atoms with van der Waals surface area (Å²) in [7, 11) is 0. The normalized spacial score (nSPS) is 13.0. The first kappa shape index (κ1) is 21.0. The van der Waals surface area contributed by atoms with Gasteiger partial charge >= 0.3 is 0 Å². The van der Waals surface area contributed by atoms with Crippen LogP contribution >= 0.6 is 0 Å². The summed E-state index contributed by atoms with van der Waals surface area (Å²) in [5.74, 6) is -0.0675. The monoisotopic (exact) mass is 415 g/mol. The molecule has 5 nitrogen and oxygen atoms in total. The number of benzene rings is 2. The van der Waals surface area contributed by atoms with E-state index in [1.807, 2.05) is 24.3 Å². The van der Waals surface area contributed by atoms with Gasteiger partial charge in [0.1, 0.15) is 0 Å². The van der Waals surface area contributed by atoms with Gasteiger partial charge in [-0.15, -0.1) is 0 Å². The highest BCUT2D eigenvalue weighted by molar-refractivity contribution is 5.94. The first-order valence-corrected chi connectivity index (χ1v) is 11.0. The van der Waals surface area contributed by atoms with E-state index in [0.717, 1.165) is 54.5 Å². The second kappa shape index (κ2) is 9.29. The average molecular weight is 416 g/mol. The van der Waals surface area contributed by atoms with Crippen LogP contribution in [0.15, 0.2) is 47.3 Å². The molecule has 31 heavy (non-hydrogen) atoms. The molecule has 0 radical (unpaired) electrons. The highest BCUT2D eigenvalue weighted by Crippen LogP contribution is 2.22. The Morgan fingerprint density at radius 1 is 1.00 bits per heavy atom. The molecule has 1 aliphatic rings. The summed E-state index contributed by atoms with van der Waals surface area (Å²) in [4.78, 5) is 24.7. The molecular formula is C26H29N3O2. The number of rotatable bonds is 6. The molecular weight excluding hydrogens is 386 g/mol. The van der Waals surface area contributed by atoms with E-state index in [1.54, 1.807) is 0 Å². The minimum absolute atomic E-state index is 0.0599. The number of hydrogen-bond donors (Lipinski definition) is 2. The zero-order valence-corrected chi connectivity index (χ0v) is 18.3. The van der Waals surface area contributed by atoms with Crippen LogP contribution in [0.4, 0.5) is 0 Å². The van der Waals surface area contributed by atoms with E-state index in [-0.39, 0.29) is 11.5 Å². The van der Waals surface area contributed by atoms with Crippen LogP contribution in [0, 0.1) is 13.8 Å². The number of aryl methyl sites for hydroxylation is 2. The standard InChI is InChI=1S/C26H29N3O2/c1-17-10-11-19(14-18(17)2)12-13-27-25(30)21-7-5-6-20(15-21)16-24-22-8-3-4-9-23(22)26(31)29-28-24/h5-7,10-11,14-15H,3-4,8-9,12-13,16H2,1-2H3,(H,27,30)(H,29,31). The fourth-order valence-corrected chi connectivity index (χ4v) is 4.27. The SMILES string of the molecule is Cc1ccc(CCNC(=O)c2cccc(Cc3n[nH]c(=O)c4c3CCCC4)c2)cc1C. The zero-order chi connectivity index (χ0) is 21.8. The zero-order valence-electron chi connectivity index (χ0n) is 18.3. The minimum Gasteiger partial charge on any atom is -0.352 e. The van der Waals surface area contributed by atoms with Crippen LogP contribution in [-0.2, 0) is 25.7 Å². The Morgan fingerprint density at radius 3 is 2.61 bits per heavy atom. The number of hydrogen-bond acceptors (Lipinski definition) is 3. The lowest BCUT2D eigenvalue weighted by Gasteiger charge is -2.17. The van der Waals surface area contributed by atoms with Gasteiger partial charge < -0.3 is 5.32 Å². The Kier molecular flexibility index (Phi) is 6.31. The third kappa shape index (κ3) is 4.93. The molecule has 0 saturated heterocycles. The number of nitrogens with zero attached hydrogens (tertiary/aromatic N) is 1. The van der Waals surface area contributed by atoms with Crippen molar-refractivity contribution in [3.05, 3.63) is 97.5 Å². The van der Waals surface area contributed by atoms with Crippen molar-refractivity contribution in [2.75, 3.05) is 6.54 Å². The topological polar surface area (TPSA) is 74.8 Å². The fraction of sp³-hybridized carbons (Fsp3) is 0.346. The van der Waals surface area contributed by atoms with Gasteiger partial charge in [0, 0.05) is 24.1 Å². The first-order chi connectivity index (χ1) is 15.0. The highest BCUT2D eigenvalue weighted by Gasteiger charge is 2.18. The Balaban J connectivity index is 1.42. The van der Waals surface area contributed by atoms with Crippen LogP contribution in [0.25, 0.3) is 0 Å². The summed E-state index contributed by atoms with van der Waals surface area (Å²) in [6, 6.07) is 14.1. The van der Waals surface area contributed by atoms with Crippen molar-refractivity contribution in [1.29, 1.82) is 0 Å². The maximum Gasteiger partial charge on any atom is 0.267 e. The van der Waals surface area contributed by atoms with Crippen molar-refractivity contribution in [3.63, 3.8) is 0 Å². The number of fused-ring (bicyclic) bond motifs is 1. The molecule has 1 amide bonds. The molecule has 160 valence electrons. The molecule has 4 rings (SSSR count). The fourth-order valence-electron chi connectivity index (χ4n) is 4.27. The third-order valence-corrected chi connectivity index (χ3v) is 6.21. The van der Waals surface area contributed by atoms with E-state index in [4.69, 9.17) is 0 Å². The smallest absolute Gasteiger partial charge is 0.267 e. The highest BCUT2D eigenvalue weighted by atomic mass is 16.1. The van der Waals surface area contributed by atoms with Crippen LogP contribution in [-0.4, -0.2) is 22.6 Å². The number of amides is 1. The van der Waals surface area contributed by atoms with Crippen molar-refractivity contribution in [3.8, 4) is 0 Å². The molecule has 0 atom stereocenters. The average Bonchev–Trinajstić information content (AvgIpc) is 2.78. The molecule has 0 saturated carbocycles. The molecule has 2 N–H and O–H groups in total. The summed E-state index contributed by atoms with van der Waals surface area (Å²) in [6.07, 6.45) is 5.29. The lowest BCUT2D eigenvalue weighted by molar-refractivity contribution is 0.0954. The maximum atomic E-state index is 12.7. The molecule has 0 aliphatic heterocycles. The van der Waals surface area contributed by atoms with Crippen LogP contribution in [0.1, 0.15) is 62.3 Å². The summed E-state index contributed by atoms with van der Waals surface area (Å²) < 4.78 is 0. The molecule has 0 spiro atoms. The van der Waals surface area contributed by atoms with E-state index in [9.17, 15) is 9.59 Å². The first-order valence-electron chi connectivity index (χ1n) is 11.0. The Morgan fingerprint density at radius 2 is 1.81 bits per heavy atom. The van der Waals surface area contributed by atoms with Crippen molar-refractivity contribution in [2.24, 2.45) is 0 Å². The van der Waals surface area contributed by atoms with E-state index in [2.05, 4.69) is 47.6 Å². The number of aromatic nitrogens is 2. The van der Waals surface area contributed by atoms with Crippen molar-refractivity contribution >= 4 is 5.91 Å². The van der Waals surface area contributed by atoms with E-state index in [1.165, 1.54) is 16.7 Å². The molecule has 1 aliphatic carbocycles. The van der Waals surface area contributed by atoms with Gasteiger partial charge in [-0.1, -0.05) is 30.3 Å². The van der Waals surface area contributed by atoms with Gasteiger partial charge in [-0.3, -0.25) is 9.59 Å². The van der Waals surface area contributed by atoms with Crippen LogP contribution in [0.2, 0.25) is 0 Å². The Labute approximate surface area is 182 Å². The Bertz CT molecular complexity index is 1160. The van der Waals surface area contributed by atoms with Gasteiger partial charge in [0.2, 0.25) is 0 Å². The summed E-state index contributed by atoms with van der Waals surface area (Å²) in [5.41, 5.74) is 8.29. The lowest BCUT2D eigenvalue weighted by Crippen LogP contribution is -2.26. The predicted molar refractivity (Wildman–Crippen MR) is 123 cm³/mol. The lowest BCUT2D eigenvalue weighted by atomic mass is 9.90. The van der Waals surface area contributed by atoms with Gasteiger partial charge in [0.15, 0.2) is 0 Å². The van der Waals surface area contributed by atoms with E-state index >= 15 is 0 Å². The molecule has 0 unspecified atom stereocenters. The van der Waals surface area contributed by atoms with Crippen molar-refractivity contribution in [1.82, 2.24) is 15.5 Å². The quantitative estimate of drug-likeness (QED) is 0.643. The summed E-state index contributed by atoms with van der Waals surface area (Å²) >= 11 is 0. The Hall–Kier alpha value is -3.21. The van der Waals surface area contributed by atoms with E-state index in [0.29, 0.717) is 18.5 Å². The third-order valence-electron chi connectivity index (χ3n) is 6.21. The largest absolute Gasteiger partial charge is 0.352 e.